The lowest BCUT2D eigenvalue weighted by atomic mass is 10.1. The first-order valence-corrected chi connectivity index (χ1v) is 8.11. The third kappa shape index (κ3) is 3.43. The van der Waals surface area contributed by atoms with Crippen LogP contribution in [0.4, 0.5) is 5.69 Å². The van der Waals surface area contributed by atoms with Gasteiger partial charge in [0.15, 0.2) is 0 Å². The molecular formula is C14H20N4O2S. The van der Waals surface area contributed by atoms with Gasteiger partial charge >= 0.3 is 0 Å². The molecule has 1 unspecified atom stereocenters. The van der Waals surface area contributed by atoms with Crippen molar-refractivity contribution in [3.8, 4) is 0 Å². The monoisotopic (exact) mass is 308 g/mol. The van der Waals surface area contributed by atoms with Crippen LogP contribution in [0.1, 0.15) is 24.1 Å². The molecule has 0 saturated heterocycles. The van der Waals surface area contributed by atoms with E-state index in [-0.39, 0.29) is 10.9 Å². The van der Waals surface area contributed by atoms with Gasteiger partial charge in [-0.1, -0.05) is 6.07 Å². The Morgan fingerprint density at radius 3 is 2.62 bits per heavy atom. The van der Waals surface area contributed by atoms with Crippen LogP contribution in [0, 0.1) is 6.92 Å². The lowest BCUT2D eigenvalue weighted by molar-refractivity contribution is 0.587. The van der Waals surface area contributed by atoms with Crippen molar-refractivity contribution >= 4 is 15.7 Å². The Kier molecular flexibility index (Phi) is 4.34. The first-order chi connectivity index (χ1) is 9.83. The molecule has 1 atom stereocenters. The Balaban J connectivity index is 2.28. The second-order valence-corrected chi connectivity index (χ2v) is 6.86. The first kappa shape index (κ1) is 15.5. The second-order valence-electron chi connectivity index (χ2n) is 5.00. The maximum Gasteiger partial charge on any atom is 0.240 e. The van der Waals surface area contributed by atoms with E-state index < -0.39 is 10.0 Å². The molecule has 0 amide bonds. The van der Waals surface area contributed by atoms with Crippen LogP contribution in [0.2, 0.25) is 0 Å². The molecule has 1 aromatic heterocycles. The molecule has 0 aliphatic carbocycles. The average molecular weight is 308 g/mol. The van der Waals surface area contributed by atoms with Crippen LogP contribution in [-0.4, -0.2) is 25.2 Å². The highest BCUT2D eigenvalue weighted by Crippen LogP contribution is 2.23. The molecule has 0 saturated carbocycles. The summed E-state index contributed by atoms with van der Waals surface area (Å²) in [5.41, 5.74) is 2.51. The van der Waals surface area contributed by atoms with Crippen molar-refractivity contribution in [3.05, 3.63) is 41.7 Å². The fraction of sp³-hybridized carbons (Fsp3) is 0.357. The van der Waals surface area contributed by atoms with Gasteiger partial charge in [-0.05, 0) is 38.6 Å². The Labute approximate surface area is 125 Å². The van der Waals surface area contributed by atoms with Crippen molar-refractivity contribution in [2.75, 3.05) is 12.4 Å². The van der Waals surface area contributed by atoms with E-state index in [2.05, 4.69) is 15.1 Å². The van der Waals surface area contributed by atoms with Gasteiger partial charge in [0.05, 0.1) is 17.1 Å². The number of benzene rings is 1. The zero-order valence-corrected chi connectivity index (χ0v) is 13.4. The summed E-state index contributed by atoms with van der Waals surface area (Å²) in [6, 6.07) is 5.35. The van der Waals surface area contributed by atoms with E-state index in [1.165, 1.54) is 7.05 Å². The number of hydrogen-bond donors (Lipinski definition) is 2. The van der Waals surface area contributed by atoms with Crippen molar-refractivity contribution in [2.45, 2.75) is 24.8 Å². The van der Waals surface area contributed by atoms with E-state index in [0.717, 1.165) is 11.3 Å². The lowest BCUT2D eigenvalue weighted by Crippen LogP contribution is -2.20. The first-order valence-electron chi connectivity index (χ1n) is 6.63. The number of nitrogens with zero attached hydrogens (tertiary/aromatic N) is 2. The van der Waals surface area contributed by atoms with Gasteiger partial charge in [0, 0.05) is 24.5 Å². The van der Waals surface area contributed by atoms with E-state index in [1.807, 2.05) is 26.2 Å². The highest BCUT2D eigenvalue weighted by Gasteiger charge is 2.16. The Hall–Kier alpha value is -1.86. The summed E-state index contributed by atoms with van der Waals surface area (Å²) in [4.78, 5) is 0.286. The molecule has 1 heterocycles. The summed E-state index contributed by atoms with van der Waals surface area (Å²) in [6.07, 6.45) is 3.72. The summed E-state index contributed by atoms with van der Waals surface area (Å²) < 4.78 is 28.0. The summed E-state index contributed by atoms with van der Waals surface area (Å²) in [5.74, 6) is 0. The molecule has 0 aliphatic heterocycles. The Bertz CT molecular complexity index is 737. The van der Waals surface area contributed by atoms with Gasteiger partial charge < -0.3 is 5.32 Å². The minimum atomic E-state index is -3.45. The Morgan fingerprint density at radius 1 is 1.33 bits per heavy atom. The predicted molar refractivity (Wildman–Crippen MR) is 82.7 cm³/mol. The molecule has 0 fully saturated rings. The number of hydrogen-bond acceptors (Lipinski definition) is 4. The fourth-order valence-corrected chi connectivity index (χ4v) is 3.08. The Morgan fingerprint density at radius 2 is 2.05 bits per heavy atom. The quantitative estimate of drug-likeness (QED) is 0.883. The zero-order valence-electron chi connectivity index (χ0n) is 12.6. The maximum absolute atomic E-state index is 12.0. The van der Waals surface area contributed by atoms with Gasteiger partial charge in [-0.15, -0.1) is 0 Å². The normalized spacial score (nSPS) is 13.1. The van der Waals surface area contributed by atoms with Crippen molar-refractivity contribution in [3.63, 3.8) is 0 Å². The maximum atomic E-state index is 12.0. The molecule has 2 N–H and O–H groups in total. The number of anilines is 1. The summed E-state index contributed by atoms with van der Waals surface area (Å²) >= 11 is 0. The molecular weight excluding hydrogens is 288 g/mol. The predicted octanol–water partition coefficient (Wildman–Crippen LogP) is 1.81. The van der Waals surface area contributed by atoms with Crippen molar-refractivity contribution in [2.24, 2.45) is 7.05 Å². The van der Waals surface area contributed by atoms with Crippen LogP contribution >= 0.6 is 0 Å². The minimum Gasteiger partial charge on any atom is -0.378 e. The van der Waals surface area contributed by atoms with Gasteiger partial charge in [-0.25, -0.2) is 13.1 Å². The number of rotatable bonds is 5. The van der Waals surface area contributed by atoms with E-state index in [0.29, 0.717) is 5.56 Å². The lowest BCUT2D eigenvalue weighted by Gasteiger charge is -2.15. The third-order valence-electron chi connectivity index (χ3n) is 3.35. The number of aryl methyl sites for hydroxylation is 2. The van der Waals surface area contributed by atoms with E-state index in [4.69, 9.17) is 0 Å². The number of nitrogens with one attached hydrogen (secondary N) is 2. The van der Waals surface area contributed by atoms with Crippen LogP contribution in [0.25, 0.3) is 0 Å². The molecule has 0 bridgehead atoms. The van der Waals surface area contributed by atoms with Crippen LogP contribution in [-0.2, 0) is 17.1 Å². The molecule has 0 spiro atoms. The largest absolute Gasteiger partial charge is 0.378 e. The minimum absolute atomic E-state index is 0.0338. The van der Waals surface area contributed by atoms with Gasteiger partial charge in [0.25, 0.3) is 0 Å². The molecule has 7 heteroatoms. The molecule has 1 aromatic carbocycles. The van der Waals surface area contributed by atoms with Gasteiger partial charge in [0.2, 0.25) is 10.0 Å². The van der Waals surface area contributed by atoms with Gasteiger partial charge in [0.1, 0.15) is 0 Å². The number of sulfonamides is 1. The zero-order chi connectivity index (χ0) is 15.6. The van der Waals surface area contributed by atoms with Crippen molar-refractivity contribution in [1.82, 2.24) is 14.5 Å². The smallest absolute Gasteiger partial charge is 0.240 e. The van der Waals surface area contributed by atoms with Crippen molar-refractivity contribution < 1.29 is 8.42 Å². The second kappa shape index (κ2) is 5.87. The molecule has 0 aliphatic rings. The van der Waals surface area contributed by atoms with Gasteiger partial charge in [-0.2, -0.15) is 5.10 Å². The van der Waals surface area contributed by atoms with Crippen LogP contribution < -0.4 is 10.0 Å². The third-order valence-corrected chi connectivity index (χ3v) is 4.91. The molecule has 2 rings (SSSR count). The number of aromatic nitrogens is 2. The molecule has 6 nitrogen and oxygen atoms in total. The highest BCUT2D eigenvalue weighted by molar-refractivity contribution is 7.89. The van der Waals surface area contributed by atoms with Crippen LogP contribution in [0.5, 0.6) is 0 Å². The SMILES string of the molecule is CNS(=O)(=O)c1cc(NC(C)c2cnn(C)c2)ccc1C. The van der Waals surface area contributed by atoms with E-state index >= 15 is 0 Å². The summed E-state index contributed by atoms with van der Waals surface area (Å²) in [6.45, 7) is 3.78. The standard InChI is InChI=1S/C14H20N4O2S/c1-10-5-6-13(7-14(10)21(19,20)15-3)17-11(2)12-8-16-18(4)9-12/h5-9,11,15,17H,1-4H3. The summed E-state index contributed by atoms with van der Waals surface area (Å²) in [5, 5.41) is 7.42. The van der Waals surface area contributed by atoms with Crippen LogP contribution in [0.3, 0.4) is 0 Å². The van der Waals surface area contributed by atoms with E-state index in [1.54, 1.807) is 29.9 Å². The van der Waals surface area contributed by atoms with Gasteiger partial charge in [-0.3, -0.25) is 4.68 Å². The highest BCUT2D eigenvalue weighted by atomic mass is 32.2. The van der Waals surface area contributed by atoms with Crippen LogP contribution in [0.15, 0.2) is 35.5 Å². The fourth-order valence-electron chi connectivity index (χ4n) is 2.09. The average Bonchev–Trinajstić information content (AvgIpc) is 2.87. The molecule has 2 aromatic rings. The van der Waals surface area contributed by atoms with Crippen molar-refractivity contribution in [1.29, 1.82) is 0 Å². The molecule has 0 radical (unpaired) electrons. The topological polar surface area (TPSA) is 76.0 Å². The summed E-state index contributed by atoms with van der Waals surface area (Å²) in [7, 11) is -0.183. The molecule has 21 heavy (non-hydrogen) atoms. The van der Waals surface area contributed by atoms with E-state index in [9.17, 15) is 8.42 Å². The molecule has 114 valence electrons.